The maximum absolute atomic E-state index is 12.8. The van der Waals surface area contributed by atoms with Gasteiger partial charge in [-0.05, 0) is 37.0 Å². The van der Waals surface area contributed by atoms with Gasteiger partial charge in [0.05, 0.1) is 18.1 Å². The van der Waals surface area contributed by atoms with Crippen molar-refractivity contribution in [3.05, 3.63) is 78.0 Å². The molecule has 4 nitrogen and oxygen atoms in total. The Morgan fingerprint density at radius 2 is 1.85 bits per heavy atom. The Hall–Kier alpha value is -2.11. The van der Waals surface area contributed by atoms with Crippen LogP contribution >= 0.6 is 0 Å². The number of hydrogen-bond acceptors (Lipinski definition) is 3. The fourth-order valence-corrected chi connectivity index (χ4v) is 4.89. The lowest BCUT2D eigenvalue weighted by Gasteiger charge is -2.27. The van der Waals surface area contributed by atoms with Gasteiger partial charge in [-0.3, -0.25) is 4.31 Å². The second kappa shape index (κ2) is 6.56. The van der Waals surface area contributed by atoms with Crippen LogP contribution in [0.15, 0.2) is 71.8 Å². The smallest absolute Gasteiger partial charge is 0.263 e. The largest absolute Gasteiger partial charge is 0.376 e. The molecule has 2 aromatic carbocycles. The average molecular weight is 369 g/mol. The third-order valence-electron chi connectivity index (χ3n) is 5.36. The molecule has 1 aliphatic carbocycles. The lowest BCUT2D eigenvalue weighted by Crippen LogP contribution is -2.33. The number of fused-ring (bicyclic) bond motifs is 1. The molecule has 4 rings (SSSR count). The molecule has 5 heteroatoms. The Balaban J connectivity index is 1.40. The van der Waals surface area contributed by atoms with Crippen LogP contribution in [0.3, 0.4) is 0 Å². The van der Waals surface area contributed by atoms with E-state index in [4.69, 9.17) is 4.74 Å². The Morgan fingerprint density at radius 1 is 1.12 bits per heavy atom. The van der Waals surface area contributed by atoms with Crippen molar-refractivity contribution in [2.75, 3.05) is 13.2 Å². The SMILES string of the molecule is Cc1ccc(S(=O)(=O)N2C=C[C@@]3(COCc4ccccc4)C[C@H]3C2)cc1. The molecule has 0 spiro atoms. The summed E-state index contributed by atoms with van der Waals surface area (Å²) in [5.41, 5.74) is 2.22. The predicted octanol–water partition coefficient (Wildman–Crippen LogP) is 3.74. The number of aryl methyl sites for hydroxylation is 1. The highest BCUT2D eigenvalue weighted by Crippen LogP contribution is 2.56. The van der Waals surface area contributed by atoms with E-state index in [0.717, 1.165) is 17.5 Å². The zero-order valence-corrected chi connectivity index (χ0v) is 15.7. The first kappa shape index (κ1) is 17.3. The summed E-state index contributed by atoms with van der Waals surface area (Å²) in [7, 11) is -3.47. The van der Waals surface area contributed by atoms with Crippen LogP contribution in [0.2, 0.25) is 0 Å². The van der Waals surface area contributed by atoms with Crippen molar-refractivity contribution in [2.45, 2.75) is 24.8 Å². The van der Waals surface area contributed by atoms with Gasteiger partial charge in [-0.15, -0.1) is 0 Å². The average Bonchev–Trinajstić information content (AvgIpc) is 3.36. The molecule has 1 fully saturated rings. The minimum absolute atomic E-state index is 0.00801. The minimum Gasteiger partial charge on any atom is -0.376 e. The number of sulfonamides is 1. The summed E-state index contributed by atoms with van der Waals surface area (Å²) >= 11 is 0. The van der Waals surface area contributed by atoms with E-state index in [1.807, 2.05) is 43.3 Å². The van der Waals surface area contributed by atoms with Gasteiger partial charge < -0.3 is 4.74 Å². The fourth-order valence-electron chi connectivity index (χ4n) is 3.54. The van der Waals surface area contributed by atoms with Gasteiger partial charge in [0.2, 0.25) is 0 Å². The van der Waals surface area contributed by atoms with Crippen molar-refractivity contribution < 1.29 is 13.2 Å². The van der Waals surface area contributed by atoms with Crippen LogP contribution in [0.1, 0.15) is 17.5 Å². The van der Waals surface area contributed by atoms with E-state index in [0.29, 0.717) is 30.6 Å². The summed E-state index contributed by atoms with van der Waals surface area (Å²) in [6, 6.07) is 17.1. The van der Waals surface area contributed by atoms with Gasteiger partial charge in [0, 0.05) is 18.2 Å². The standard InChI is InChI=1S/C21H23NO3S/c1-17-7-9-20(10-8-17)26(23,24)22-12-11-21(13-19(21)14-22)16-25-15-18-5-3-2-4-6-18/h2-12,19H,13-16H2,1H3/t19-,21-/m0/s1. The number of rotatable bonds is 6. The molecular weight excluding hydrogens is 346 g/mol. The van der Waals surface area contributed by atoms with E-state index in [2.05, 4.69) is 12.1 Å². The monoisotopic (exact) mass is 369 g/mol. The fraction of sp³-hybridized carbons (Fsp3) is 0.333. The number of nitrogens with zero attached hydrogens (tertiary/aromatic N) is 1. The van der Waals surface area contributed by atoms with Crippen molar-refractivity contribution in [3.63, 3.8) is 0 Å². The molecule has 0 aromatic heterocycles. The van der Waals surface area contributed by atoms with E-state index in [1.165, 1.54) is 4.31 Å². The van der Waals surface area contributed by atoms with Crippen LogP contribution in [-0.4, -0.2) is 25.9 Å². The van der Waals surface area contributed by atoms with Gasteiger partial charge in [0.1, 0.15) is 0 Å². The van der Waals surface area contributed by atoms with E-state index >= 15 is 0 Å². The molecule has 1 aliphatic heterocycles. The van der Waals surface area contributed by atoms with E-state index in [1.54, 1.807) is 18.3 Å². The number of benzene rings is 2. The first-order chi connectivity index (χ1) is 12.5. The maximum Gasteiger partial charge on any atom is 0.263 e. The molecule has 136 valence electrons. The highest BCUT2D eigenvalue weighted by Gasteiger charge is 2.55. The summed E-state index contributed by atoms with van der Waals surface area (Å²) < 4.78 is 33.0. The highest BCUT2D eigenvalue weighted by atomic mass is 32.2. The molecule has 1 heterocycles. The van der Waals surface area contributed by atoms with Gasteiger partial charge >= 0.3 is 0 Å². The topological polar surface area (TPSA) is 46.6 Å². The second-order valence-electron chi connectivity index (χ2n) is 7.32. The molecular formula is C21H23NO3S. The molecule has 2 atom stereocenters. The third-order valence-corrected chi connectivity index (χ3v) is 7.12. The molecule has 0 radical (unpaired) electrons. The lowest BCUT2D eigenvalue weighted by molar-refractivity contribution is 0.0849. The van der Waals surface area contributed by atoms with Crippen molar-refractivity contribution in [1.29, 1.82) is 0 Å². The summed E-state index contributed by atoms with van der Waals surface area (Å²) in [6.45, 7) is 3.71. The van der Waals surface area contributed by atoms with Crippen LogP contribution in [0.25, 0.3) is 0 Å². The van der Waals surface area contributed by atoms with E-state index in [9.17, 15) is 8.42 Å². The molecule has 0 bridgehead atoms. The zero-order chi connectivity index (χ0) is 18.2. The van der Waals surface area contributed by atoms with Gasteiger partial charge in [-0.25, -0.2) is 8.42 Å². The van der Waals surface area contributed by atoms with E-state index in [-0.39, 0.29) is 5.41 Å². The van der Waals surface area contributed by atoms with Crippen LogP contribution in [0.4, 0.5) is 0 Å². The summed E-state index contributed by atoms with van der Waals surface area (Å²) in [4.78, 5) is 0.348. The molecule has 2 aliphatic rings. The zero-order valence-electron chi connectivity index (χ0n) is 14.8. The summed E-state index contributed by atoms with van der Waals surface area (Å²) in [5, 5.41) is 0. The predicted molar refractivity (Wildman–Crippen MR) is 101 cm³/mol. The van der Waals surface area contributed by atoms with Gasteiger partial charge in [-0.2, -0.15) is 0 Å². The molecule has 0 amide bonds. The number of hydrogen-bond donors (Lipinski definition) is 0. The first-order valence-electron chi connectivity index (χ1n) is 8.89. The van der Waals surface area contributed by atoms with Crippen LogP contribution in [-0.2, 0) is 21.4 Å². The van der Waals surface area contributed by atoms with Gasteiger partial charge in [0.25, 0.3) is 10.0 Å². The third kappa shape index (κ3) is 3.29. The quantitative estimate of drug-likeness (QED) is 0.779. The number of ether oxygens (including phenoxy) is 1. The Kier molecular flexibility index (Phi) is 4.37. The van der Waals surface area contributed by atoms with Crippen molar-refractivity contribution >= 4 is 10.0 Å². The van der Waals surface area contributed by atoms with Gasteiger partial charge in [-0.1, -0.05) is 54.1 Å². The Morgan fingerprint density at radius 3 is 2.54 bits per heavy atom. The molecule has 26 heavy (non-hydrogen) atoms. The minimum atomic E-state index is -3.47. The first-order valence-corrected chi connectivity index (χ1v) is 10.3. The van der Waals surface area contributed by atoms with Crippen molar-refractivity contribution in [3.8, 4) is 0 Å². The second-order valence-corrected chi connectivity index (χ2v) is 9.21. The Bertz CT molecular complexity index is 906. The van der Waals surface area contributed by atoms with Crippen molar-refractivity contribution in [1.82, 2.24) is 4.31 Å². The van der Waals surface area contributed by atoms with Crippen LogP contribution in [0.5, 0.6) is 0 Å². The maximum atomic E-state index is 12.8. The lowest BCUT2D eigenvalue weighted by atomic mass is 10.0. The van der Waals surface area contributed by atoms with Crippen LogP contribution < -0.4 is 0 Å². The molecule has 2 aromatic rings. The van der Waals surface area contributed by atoms with Gasteiger partial charge in [0.15, 0.2) is 0 Å². The van der Waals surface area contributed by atoms with Crippen LogP contribution in [0, 0.1) is 18.3 Å². The Labute approximate surface area is 155 Å². The summed E-state index contributed by atoms with van der Waals surface area (Å²) in [6.07, 6.45) is 4.74. The highest BCUT2D eigenvalue weighted by molar-refractivity contribution is 7.89. The van der Waals surface area contributed by atoms with E-state index < -0.39 is 10.0 Å². The molecule has 1 saturated carbocycles. The van der Waals surface area contributed by atoms with Crippen molar-refractivity contribution in [2.24, 2.45) is 11.3 Å². The summed E-state index contributed by atoms with van der Waals surface area (Å²) in [5.74, 6) is 0.337. The molecule has 0 N–H and O–H groups in total. The molecule has 0 unspecified atom stereocenters. The molecule has 0 saturated heterocycles. The normalized spacial score (nSPS) is 24.3.